The van der Waals surface area contributed by atoms with Gasteiger partial charge < -0.3 is 5.11 Å². The summed E-state index contributed by atoms with van der Waals surface area (Å²) in [6.07, 6.45) is 0.668. The normalized spacial score (nSPS) is 9.59. The monoisotopic (exact) mass is 268 g/mol. The number of aliphatic hydroxyl groups excluding tert-OH is 1. The van der Waals surface area contributed by atoms with Crippen molar-refractivity contribution in [2.75, 3.05) is 5.75 Å². The molecule has 1 aromatic carbocycles. The van der Waals surface area contributed by atoms with Crippen molar-refractivity contribution in [2.24, 2.45) is 0 Å². The van der Waals surface area contributed by atoms with E-state index in [0.29, 0.717) is 22.8 Å². The first-order valence-corrected chi connectivity index (χ1v) is 6.51. The lowest BCUT2D eigenvalue weighted by atomic mass is 10.1. The van der Waals surface area contributed by atoms with Gasteiger partial charge in [0, 0.05) is 29.7 Å². The van der Waals surface area contributed by atoms with E-state index < -0.39 is 0 Å². The Morgan fingerprint density at radius 1 is 1.53 bits per heavy atom. The first-order chi connectivity index (χ1) is 8.13. The Labute approximate surface area is 110 Å². The average Bonchev–Trinajstić information content (AvgIpc) is 2.30. The van der Waals surface area contributed by atoms with Crippen LogP contribution in [0.5, 0.6) is 0 Å². The smallest absolute Gasteiger partial charge is 0.185 e. The van der Waals surface area contributed by atoms with Crippen molar-refractivity contribution < 1.29 is 9.90 Å². The summed E-state index contributed by atoms with van der Waals surface area (Å²) in [4.78, 5) is 10.7. The molecule has 1 aromatic rings. The van der Waals surface area contributed by atoms with Crippen molar-refractivity contribution in [3.05, 3.63) is 34.3 Å². The zero-order valence-corrected chi connectivity index (χ0v) is 11.1. The van der Waals surface area contributed by atoms with E-state index in [1.54, 1.807) is 19.1 Å². The van der Waals surface area contributed by atoms with Crippen molar-refractivity contribution in [3.63, 3.8) is 0 Å². The molecule has 0 aliphatic heterocycles. The van der Waals surface area contributed by atoms with Gasteiger partial charge >= 0.3 is 0 Å². The van der Waals surface area contributed by atoms with Gasteiger partial charge in [-0.25, -0.2) is 0 Å². The lowest BCUT2D eigenvalue weighted by molar-refractivity contribution is -0.109. The molecule has 0 fully saturated rings. The number of aliphatic hydroxyl groups is 1. The minimum Gasteiger partial charge on any atom is -0.392 e. The number of carbonyl (C=O) groups is 1. The number of thioether (sulfide) groups is 1. The molecule has 0 amide bonds. The molecule has 1 N–H and O–H groups in total. The molecule has 0 radical (unpaired) electrons. The van der Waals surface area contributed by atoms with Gasteiger partial charge in [-0.05, 0) is 23.8 Å². The first kappa shape index (κ1) is 14.1. The third-order valence-electron chi connectivity index (χ3n) is 1.98. The molecule has 0 aliphatic carbocycles. The molecule has 0 saturated carbocycles. The highest BCUT2D eigenvalue weighted by Gasteiger charge is 1.98. The Morgan fingerprint density at radius 3 is 2.94 bits per heavy atom. The van der Waals surface area contributed by atoms with E-state index >= 15 is 0 Å². The molecule has 2 nitrogen and oxygen atoms in total. The standard InChI is InChI=1S/C13H13ClO2S/c1-10(16)17-7-3-2-4-11-5-6-13(14)12(8-11)9-15/h5-6,8,15H,3,7,9H2,1H3. The maximum absolute atomic E-state index is 10.7. The van der Waals surface area contributed by atoms with Crippen LogP contribution in [-0.2, 0) is 11.4 Å². The molecule has 0 heterocycles. The van der Waals surface area contributed by atoms with Crippen molar-refractivity contribution in [3.8, 4) is 11.8 Å². The van der Waals surface area contributed by atoms with Gasteiger partial charge in [0.05, 0.1) is 6.61 Å². The SMILES string of the molecule is CC(=O)SCCC#Cc1ccc(Cl)c(CO)c1. The minimum atomic E-state index is -0.0887. The summed E-state index contributed by atoms with van der Waals surface area (Å²) in [5, 5.41) is 9.70. The van der Waals surface area contributed by atoms with Crippen LogP contribution >= 0.6 is 23.4 Å². The predicted octanol–water partition coefficient (Wildman–Crippen LogP) is 2.85. The van der Waals surface area contributed by atoms with Crippen LogP contribution in [0.15, 0.2) is 18.2 Å². The van der Waals surface area contributed by atoms with Gasteiger partial charge in [0.1, 0.15) is 0 Å². The number of hydrogen-bond acceptors (Lipinski definition) is 3. The highest BCUT2D eigenvalue weighted by atomic mass is 35.5. The molecule has 90 valence electrons. The van der Waals surface area contributed by atoms with Crippen LogP contribution in [-0.4, -0.2) is 16.0 Å². The fraction of sp³-hybridized carbons (Fsp3) is 0.308. The Hall–Kier alpha value is -0.950. The second-order valence-electron chi connectivity index (χ2n) is 3.36. The topological polar surface area (TPSA) is 37.3 Å². The fourth-order valence-corrected chi connectivity index (χ4v) is 1.85. The summed E-state index contributed by atoms with van der Waals surface area (Å²) < 4.78 is 0. The molecule has 0 atom stereocenters. The zero-order chi connectivity index (χ0) is 12.7. The Balaban J connectivity index is 2.57. The molecule has 0 spiro atoms. The number of halogens is 1. The highest BCUT2D eigenvalue weighted by Crippen LogP contribution is 2.17. The molecular formula is C13H13ClO2S. The molecular weight excluding hydrogens is 256 g/mol. The van der Waals surface area contributed by atoms with Crippen LogP contribution in [0.2, 0.25) is 5.02 Å². The quantitative estimate of drug-likeness (QED) is 0.677. The number of rotatable bonds is 3. The third-order valence-corrected chi connectivity index (χ3v) is 3.16. The largest absolute Gasteiger partial charge is 0.392 e. The maximum atomic E-state index is 10.7. The lowest BCUT2D eigenvalue weighted by Crippen LogP contribution is -1.87. The van der Waals surface area contributed by atoms with Crippen LogP contribution in [0.1, 0.15) is 24.5 Å². The van der Waals surface area contributed by atoms with E-state index in [1.807, 2.05) is 6.07 Å². The highest BCUT2D eigenvalue weighted by molar-refractivity contribution is 8.13. The summed E-state index contributed by atoms with van der Waals surface area (Å²) in [6.45, 7) is 1.46. The summed E-state index contributed by atoms with van der Waals surface area (Å²) in [5.74, 6) is 6.67. The predicted molar refractivity (Wildman–Crippen MR) is 72.0 cm³/mol. The van der Waals surface area contributed by atoms with Gasteiger partial charge in [0.25, 0.3) is 0 Å². The molecule has 17 heavy (non-hydrogen) atoms. The Kier molecular flexibility index (Phi) is 6.13. The molecule has 1 rings (SSSR count). The average molecular weight is 269 g/mol. The van der Waals surface area contributed by atoms with Crippen LogP contribution in [0.4, 0.5) is 0 Å². The van der Waals surface area contributed by atoms with Gasteiger partial charge in [-0.3, -0.25) is 4.79 Å². The Bertz CT molecular complexity index is 460. The van der Waals surface area contributed by atoms with Crippen molar-refractivity contribution in [1.82, 2.24) is 0 Å². The summed E-state index contributed by atoms with van der Waals surface area (Å²) >= 11 is 7.14. The van der Waals surface area contributed by atoms with Crippen LogP contribution < -0.4 is 0 Å². The van der Waals surface area contributed by atoms with Crippen LogP contribution in [0.25, 0.3) is 0 Å². The van der Waals surface area contributed by atoms with Gasteiger partial charge in [0.15, 0.2) is 5.12 Å². The van der Waals surface area contributed by atoms with Gasteiger partial charge in [-0.2, -0.15) is 0 Å². The molecule has 0 aromatic heterocycles. The molecule has 0 bridgehead atoms. The van der Waals surface area contributed by atoms with Crippen LogP contribution in [0, 0.1) is 11.8 Å². The summed E-state index contributed by atoms with van der Waals surface area (Å²) in [7, 11) is 0. The molecule has 4 heteroatoms. The number of benzene rings is 1. The van der Waals surface area contributed by atoms with Gasteiger partial charge in [-0.15, -0.1) is 0 Å². The zero-order valence-electron chi connectivity index (χ0n) is 9.50. The van der Waals surface area contributed by atoms with E-state index in [4.69, 9.17) is 16.7 Å². The van der Waals surface area contributed by atoms with Crippen molar-refractivity contribution in [1.29, 1.82) is 0 Å². The lowest BCUT2D eigenvalue weighted by Gasteiger charge is -1.99. The second kappa shape index (κ2) is 7.39. The summed E-state index contributed by atoms with van der Waals surface area (Å²) in [6, 6.07) is 5.31. The van der Waals surface area contributed by atoms with E-state index in [2.05, 4.69) is 11.8 Å². The maximum Gasteiger partial charge on any atom is 0.185 e. The van der Waals surface area contributed by atoms with E-state index in [0.717, 1.165) is 5.56 Å². The molecule has 0 saturated heterocycles. The van der Waals surface area contributed by atoms with Crippen molar-refractivity contribution in [2.45, 2.75) is 20.0 Å². The summed E-state index contributed by atoms with van der Waals surface area (Å²) in [5.41, 5.74) is 1.50. The fourth-order valence-electron chi connectivity index (χ4n) is 1.18. The Morgan fingerprint density at radius 2 is 2.29 bits per heavy atom. The molecule has 0 unspecified atom stereocenters. The van der Waals surface area contributed by atoms with E-state index in [9.17, 15) is 4.79 Å². The minimum absolute atomic E-state index is 0.0887. The number of hydrogen-bond donors (Lipinski definition) is 1. The number of carbonyl (C=O) groups excluding carboxylic acids is 1. The van der Waals surface area contributed by atoms with Crippen LogP contribution in [0.3, 0.4) is 0 Å². The van der Waals surface area contributed by atoms with Crippen molar-refractivity contribution >= 4 is 28.5 Å². The first-order valence-electron chi connectivity index (χ1n) is 5.15. The van der Waals surface area contributed by atoms with Gasteiger partial charge in [0.2, 0.25) is 0 Å². The van der Waals surface area contributed by atoms with E-state index in [-0.39, 0.29) is 11.7 Å². The molecule has 0 aliphatic rings. The van der Waals surface area contributed by atoms with E-state index in [1.165, 1.54) is 11.8 Å². The second-order valence-corrected chi connectivity index (χ2v) is 5.04. The van der Waals surface area contributed by atoms with Gasteiger partial charge in [-0.1, -0.05) is 35.2 Å². The third kappa shape index (κ3) is 5.27.